The predicted octanol–water partition coefficient (Wildman–Crippen LogP) is 4.87. The van der Waals surface area contributed by atoms with Crippen LogP contribution in [0.3, 0.4) is 0 Å². The van der Waals surface area contributed by atoms with Crippen LogP contribution in [0.15, 0.2) is 78.9 Å². The zero-order valence-corrected chi connectivity index (χ0v) is 18.0. The summed E-state index contributed by atoms with van der Waals surface area (Å²) in [6.07, 6.45) is 2.19. The summed E-state index contributed by atoms with van der Waals surface area (Å²) in [6.45, 7) is 1.90. The highest BCUT2D eigenvalue weighted by atomic mass is 16.5. The second kappa shape index (κ2) is 11.2. The molecule has 1 saturated heterocycles. The third-order valence-corrected chi connectivity index (χ3v) is 5.15. The Bertz CT molecular complexity index is 1000. The Hall–Kier alpha value is -3.51. The smallest absolute Gasteiger partial charge is 0.243 e. The van der Waals surface area contributed by atoms with Crippen LogP contribution in [0.5, 0.6) is 11.5 Å². The number of carbonyl (C=O) groups is 1. The highest BCUT2D eigenvalue weighted by Crippen LogP contribution is 2.25. The first kappa shape index (κ1) is 21.7. The van der Waals surface area contributed by atoms with Gasteiger partial charge in [0.05, 0.1) is 18.3 Å². The standard InChI is InChI=1S/C26H28N2O4/c29-26(28-24-13-4-5-14-25(24)32-19-23-12-7-15-30-23)17-27-21-10-6-11-22(16-21)31-18-20-8-2-1-3-9-20/h1-6,8-11,13-14,16,23,27H,7,12,15,17-19H2,(H,28,29). The van der Waals surface area contributed by atoms with E-state index < -0.39 is 0 Å². The molecule has 1 amide bonds. The van der Waals surface area contributed by atoms with Gasteiger partial charge in [0.15, 0.2) is 0 Å². The molecule has 0 spiro atoms. The molecule has 32 heavy (non-hydrogen) atoms. The van der Waals surface area contributed by atoms with Crippen LogP contribution in [0, 0.1) is 0 Å². The van der Waals surface area contributed by atoms with Crippen molar-refractivity contribution in [2.45, 2.75) is 25.6 Å². The van der Waals surface area contributed by atoms with Crippen molar-refractivity contribution in [1.29, 1.82) is 0 Å². The van der Waals surface area contributed by atoms with E-state index in [9.17, 15) is 4.79 Å². The number of amides is 1. The average molecular weight is 433 g/mol. The second-order valence-electron chi connectivity index (χ2n) is 7.65. The molecule has 3 aromatic rings. The molecule has 2 N–H and O–H groups in total. The van der Waals surface area contributed by atoms with Gasteiger partial charge in [-0.1, -0.05) is 48.5 Å². The summed E-state index contributed by atoms with van der Waals surface area (Å²) in [4.78, 5) is 12.5. The van der Waals surface area contributed by atoms with Gasteiger partial charge in [0, 0.05) is 18.4 Å². The average Bonchev–Trinajstić information content (AvgIpc) is 3.36. The van der Waals surface area contributed by atoms with Gasteiger partial charge >= 0.3 is 0 Å². The molecule has 1 fully saturated rings. The van der Waals surface area contributed by atoms with Crippen LogP contribution in [-0.2, 0) is 16.1 Å². The minimum atomic E-state index is -0.159. The Kier molecular flexibility index (Phi) is 7.60. The van der Waals surface area contributed by atoms with Gasteiger partial charge in [-0.2, -0.15) is 0 Å². The van der Waals surface area contributed by atoms with Gasteiger partial charge in [0.25, 0.3) is 0 Å². The number of carbonyl (C=O) groups excluding carboxylic acids is 1. The van der Waals surface area contributed by atoms with Gasteiger partial charge in [-0.05, 0) is 42.7 Å². The maximum Gasteiger partial charge on any atom is 0.243 e. The number of hydrogen-bond acceptors (Lipinski definition) is 5. The van der Waals surface area contributed by atoms with Gasteiger partial charge in [0.2, 0.25) is 5.91 Å². The van der Waals surface area contributed by atoms with Crippen molar-refractivity contribution in [2.75, 3.05) is 30.4 Å². The fourth-order valence-electron chi connectivity index (χ4n) is 3.47. The molecule has 0 aliphatic carbocycles. The minimum Gasteiger partial charge on any atom is -0.489 e. The van der Waals surface area contributed by atoms with Crippen molar-refractivity contribution in [1.82, 2.24) is 0 Å². The summed E-state index contributed by atoms with van der Waals surface area (Å²) in [6, 6.07) is 25.0. The fraction of sp³-hybridized carbons (Fsp3) is 0.269. The van der Waals surface area contributed by atoms with Crippen LogP contribution in [0.1, 0.15) is 18.4 Å². The van der Waals surface area contributed by atoms with E-state index in [1.165, 1.54) is 0 Å². The van der Waals surface area contributed by atoms with E-state index in [0.29, 0.717) is 24.7 Å². The SMILES string of the molecule is O=C(CNc1cccc(OCc2ccccc2)c1)Nc1ccccc1OCC1CCCO1. The molecule has 0 aromatic heterocycles. The van der Waals surface area contributed by atoms with E-state index in [1.807, 2.05) is 78.9 Å². The normalized spacial score (nSPS) is 15.2. The molecule has 6 heteroatoms. The first-order chi connectivity index (χ1) is 15.8. The first-order valence-electron chi connectivity index (χ1n) is 10.9. The van der Waals surface area contributed by atoms with Crippen LogP contribution >= 0.6 is 0 Å². The van der Waals surface area contributed by atoms with Crippen LogP contribution < -0.4 is 20.1 Å². The quantitative estimate of drug-likeness (QED) is 0.478. The lowest BCUT2D eigenvalue weighted by Gasteiger charge is -2.15. The molecule has 1 aliphatic heterocycles. The van der Waals surface area contributed by atoms with E-state index >= 15 is 0 Å². The van der Waals surface area contributed by atoms with Crippen molar-refractivity contribution < 1.29 is 19.0 Å². The van der Waals surface area contributed by atoms with Gasteiger partial charge in [-0.3, -0.25) is 4.79 Å². The summed E-state index contributed by atoms with van der Waals surface area (Å²) in [5, 5.41) is 6.07. The van der Waals surface area contributed by atoms with Gasteiger partial charge in [-0.25, -0.2) is 0 Å². The molecule has 1 atom stereocenters. The lowest BCUT2D eigenvalue weighted by molar-refractivity contribution is -0.114. The molecule has 0 radical (unpaired) electrons. The number of hydrogen-bond donors (Lipinski definition) is 2. The van der Waals surface area contributed by atoms with Crippen LogP contribution in [-0.4, -0.2) is 31.8 Å². The number of para-hydroxylation sites is 2. The van der Waals surface area contributed by atoms with Crippen molar-refractivity contribution in [3.8, 4) is 11.5 Å². The van der Waals surface area contributed by atoms with E-state index in [2.05, 4.69) is 10.6 Å². The molecular weight excluding hydrogens is 404 g/mol. The monoisotopic (exact) mass is 432 g/mol. The minimum absolute atomic E-state index is 0.122. The van der Waals surface area contributed by atoms with Gasteiger partial charge in [-0.15, -0.1) is 0 Å². The summed E-state index contributed by atoms with van der Waals surface area (Å²) in [5.74, 6) is 1.23. The van der Waals surface area contributed by atoms with E-state index in [-0.39, 0.29) is 18.6 Å². The number of ether oxygens (including phenoxy) is 3. The van der Waals surface area contributed by atoms with Crippen LogP contribution in [0.25, 0.3) is 0 Å². The van der Waals surface area contributed by atoms with E-state index in [0.717, 1.165) is 36.4 Å². The Balaban J connectivity index is 1.27. The molecule has 1 unspecified atom stereocenters. The topological polar surface area (TPSA) is 68.8 Å². The summed E-state index contributed by atoms with van der Waals surface area (Å²) in [7, 11) is 0. The summed E-state index contributed by atoms with van der Waals surface area (Å²) < 4.78 is 17.3. The fourth-order valence-corrected chi connectivity index (χ4v) is 3.47. The largest absolute Gasteiger partial charge is 0.489 e. The third kappa shape index (κ3) is 6.49. The molecule has 3 aromatic carbocycles. The number of anilines is 2. The number of nitrogens with one attached hydrogen (secondary N) is 2. The van der Waals surface area contributed by atoms with Gasteiger partial charge in [0.1, 0.15) is 24.7 Å². The van der Waals surface area contributed by atoms with Crippen LogP contribution in [0.4, 0.5) is 11.4 Å². The Morgan fingerprint density at radius 3 is 2.66 bits per heavy atom. The molecule has 0 bridgehead atoms. The lowest BCUT2D eigenvalue weighted by Crippen LogP contribution is -2.22. The Labute approximate surface area is 188 Å². The van der Waals surface area contributed by atoms with Crippen molar-refractivity contribution in [3.05, 3.63) is 84.4 Å². The Morgan fingerprint density at radius 1 is 0.969 bits per heavy atom. The number of rotatable bonds is 10. The molecule has 4 rings (SSSR count). The zero-order valence-electron chi connectivity index (χ0n) is 18.0. The predicted molar refractivity (Wildman–Crippen MR) is 125 cm³/mol. The zero-order chi connectivity index (χ0) is 22.0. The lowest BCUT2D eigenvalue weighted by atomic mass is 10.2. The molecular formula is C26H28N2O4. The van der Waals surface area contributed by atoms with Crippen LogP contribution in [0.2, 0.25) is 0 Å². The Morgan fingerprint density at radius 2 is 1.81 bits per heavy atom. The molecule has 1 aliphatic rings. The molecule has 6 nitrogen and oxygen atoms in total. The van der Waals surface area contributed by atoms with Crippen molar-refractivity contribution in [3.63, 3.8) is 0 Å². The molecule has 0 saturated carbocycles. The van der Waals surface area contributed by atoms with E-state index in [1.54, 1.807) is 0 Å². The third-order valence-electron chi connectivity index (χ3n) is 5.15. The summed E-state index contributed by atoms with van der Waals surface area (Å²) >= 11 is 0. The summed E-state index contributed by atoms with van der Waals surface area (Å²) in [5.41, 5.74) is 2.57. The molecule has 166 valence electrons. The second-order valence-corrected chi connectivity index (χ2v) is 7.65. The maximum atomic E-state index is 12.5. The van der Waals surface area contributed by atoms with Gasteiger partial charge < -0.3 is 24.8 Å². The number of benzene rings is 3. The first-order valence-corrected chi connectivity index (χ1v) is 10.9. The highest BCUT2D eigenvalue weighted by molar-refractivity contribution is 5.95. The van der Waals surface area contributed by atoms with Crippen molar-refractivity contribution in [2.24, 2.45) is 0 Å². The maximum absolute atomic E-state index is 12.5. The van der Waals surface area contributed by atoms with E-state index in [4.69, 9.17) is 14.2 Å². The van der Waals surface area contributed by atoms with Crippen molar-refractivity contribution >= 4 is 17.3 Å². The molecule has 1 heterocycles. The highest BCUT2D eigenvalue weighted by Gasteiger charge is 2.17.